The minimum absolute atomic E-state index is 0.598. The topological polar surface area (TPSA) is 62.2 Å². The minimum atomic E-state index is 0.598. The number of oxime groups is 1. The van der Waals surface area contributed by atoms with Crippen molar-refractivity contribution in [3.63, 3.8) is 0 Å². The van der Waals surface area contributed by atoms with E-state index < -0.39 is 0 Å². The number of aryl methyl sites for hydroxylation is 2. The van der Waals surface area contributed by atoms with Gasteiger partial charge in [0.15, 0.2) is 0 Å². The van der Waals surface area contributed by atoms with Crippen LogP contribution in [0.3, 0.4) is 0 Å². The first kappa shape index (κ1) is 26.7. The molecule has 0 saturated carbocycles. The Bertz CT molecular complexity index is 841. The average molecular weight is 475 g/mol. The first-order chi connectivity index (χ1) is 16.1. The lowest BCUT2D eigenvalue weighted by Gasteiger charge is -2.14. The molecular weight excluding hydrogens is 436 g/mol. The van der Waals surface area contributed by atoms with Gasteiger partial charge in [-0.05, 0) is 56.9 Å². The van der Waals surface area contributed by atoms with Gasteiger partial charge < -0.3 is 19.0 Å². The van der Waals surface area contributed by atoms with E-state index in [0.29, 0.717) is 18.4 Å². The summed E-state index contributed by atoms with van der Waals surface area (Å²) >= 11 is 1.48. The van der Waals surface area contributed by atoms with E-state index in [1.165, 1.54) is 50.6 Å². The molecule has 182 valence electrons. The number of hydrogen-bond acceptors (Lipinski definition) is 7. The molecule has 0 unspecified atom stereocenters. The molecule has 0 aliphatic rings. The Morgan fingerprint density at radius 1 is 0.909 bits per heavy atom. The third-order valence-corrected chi connectivity index (χ3v) is 5.84. The van der Waals surface area contributed by atoms with Crippen LogP contribution in [0.15, 0.2) is 34.8 Å². The third kappa shape index (κ3) is 10.7. The Kier molecular flexibility index (Phi) is 13.1. The maximum atomic E-state index is 6.07. The molecule has 7 heteroatoms. The molecule has 0 N–H and O–H groups in total. The molecule has 0 aliphatic heterocycles. The van der Waals surface area contributed by atoms with Crippen LogP contribution >= 0.6 is 11.3 Å². The van der Waals surface area contributed by atoms with Gasteiger partial charge in [-0.25, -0.2) is 4.98 Å². The first-order valence-electron chi connectivity index (χ1n) is 11.8. The van der Waals surface area contributed by atoms with Gasteiger partial charge >= 0.3 is 0 Å². The van der Waals surface area contributed by atoms with Gasteiger partial charge in [0.25, 0.3) is 5.19 Å². The van der Waals surface area contributed by atoms with Crippen molar-refractivity contribution >= 4 is 17.6 Å². The normalized spacial score (nSPS) is 11.4. The Hall–Kier alpha value is -2.54. The second kappa shape index (κ2) is 16.1. The van der Waals surface area contributed by atoms with Gasteiger partial charge in [0.1, 0.15) is 25.2 Å². The van der Waals surface area contributed by atoms with Crippen LogP contribution in [-0.4, -0.2) is 38.1 Å². The summed E-state index contributed by atoms with van der Waals surface area (Å²) in [5.74, 6) is 1.89. The predicted molar refractivity (Wildman–Crippen MR) is 136 cm³/mol. The average Bonchev–Trinajstić information content (AvgIpc) is 3.25. The maximum absolute atomic E-state index is 6.07. The number of aromatic nitrogens is 1. The van der Waals surface area contributed by atoms with Crippen LogP contribution in [0.5, 0.6) is 16.7 Å². The Morgan fingerprint density at radius 2 is 1.55 bits per heavy atom. The zero-order valence-corrected chi connectivity index (χ0v) is 21.3. The van der Waals surface area contributed by atoms with E-state index in [-0.39, 0.29) is 0 Å². The molecule has 1 aromatic heterocycles. The standard InChI is InChI=1S/C26H38N2O4S/c1-5-6-14-30-24-17-21(2)25(22(3)18-24)31-15-12-10-8-7-9-11-13-16-32-26-28-23(20-33-26)19-27-29-4/h5-6,17-20H,7-16H2,1-4H3/b6-5+,27-19+. The van der Waals surface area contributed by atoms with Gasteiger partial charge in [0.2, 0.25) is 0 Å². The number of rotatable bonds is 17. The van der Waals surface area contributed by atoms with Gasteiger partial charge in [0, 0.05) is 5.38 Å². The van der Waals surface area contributed by atoms with Crippen molar-refractivity contribution in [2.75, 3.05) is 26.9 Å². The van der Waals surface area contributed by atoms with Gasteiger partial charge in [-0.2, -0.15) is 0 Å². The van der Waals surface area contributed by atoms with Gasteiger partial charge in [0.05, 0.1) is 25.1 Å². The Morgan fingerprint density at radius 3 is 2.18 bits per heavy atom. The highest BCUT2D eigenvalue weighted by Gasteiger charge is 2.07. The van der Waals surface area contributed by atoms with Crippen LogP contribution in [0.1, 0.15) is 68.7 Å². The van der Waals surface area contributed by atoms with E-state index >= 15 is 0 Å². The van der Waals surface area contributed by atoms with Crippen molar-refractivity contribution in [2.45, 2.75) is 65.7 Å². The number of allylic oxidation sites excluding steroid dienone is 1. The monoisotopic (exact) mass is 474 g/mol. The molecule has 0 radical (unpaired) electrons. The van der Waals surface area contributed by atoms with E-state index in [4.69, 9.17) is 14.2 Å². The van der Waals surface area contributed by atoms with Gasteiger partial charge in [-0.1, -0.05) is 60.7 Å². The summed E-state index contributed by atoms with van der Waals surface area (Å²) in [7, 11) is 1.51. The summed E-state index contributed by atoms with van der Waals surface area (Å²) in [5.41, 5.74) is 3.02. The summed E-state index contributed by atoms with van der Waals surface area (Å²) in [6.45, 7) is 8.23. The Labute approximate surface area is 202 Å². The fourth-order valence-corrected chi connectivity index (χ4v) is 4.03. The van der Waals surface area contributed by atoms with Gasteiger partial charge in [-0.3, -0.25) is 0 Å². The summed E-state index contributed by atoms with van der Waals surface area (Å²) < 4.78 is 17.5. The van der Waals surface area contributed by atoms with Crippen LogP contribution in [0, 0.1) is 13.8 Å². The van der Waals surface area contributed by atoms with E-state index in [1.807, 2.05) is 24.5 Å². The lowest BCUT2D eigenvalue weighted by atomic mass is 10.1. The molecule has 6 nitrogen and oxygen atoms in total. The van der Waals surface area contributed by atoms with Crippen molar-refractivity contribution in [1.82, 2.24) is 4.98 Å². The number of nitrogens with zero attached hydrogens (tertiary/aromatic N) is 2. The van der Waals surface area contributed by atoms with E-state index in [1.54, 1.807) is 6.21 Å². The SMILES string of the molecule is C/C=C/COc1cc(C)c(OCCCCCCCCCOc2nc(/C=N/OC)cs2)c(C)c1. The summed E-state index contributed by atoms with van der Waals surface area (Å²) in [5, 5.41) is 6.29. The van der Waals surface area contributed by atoms with Gasteiger partial charge in [-0.15, -0.1) is 0 Å². The number of thiazole rings is 1. The molecule has 0 amide bonds. The third-order valence-electron chi connectivity index (χ3n) is 5.07. The first-order valence-corrected chi connectivity index (χ1v) is 12.6. The molecule has 2 aromatic rings. The van der Waals surface area contributed by atoms with Crippen molar-refractivity contribution < 1.29 is 19.0 Å². The molecule has 0 spiro atoms. The lowest BCUT2D eigenvalue weighted by Crippen LogP contribution is -2.02. The van der Waals surface area contributed by atoms with Crippen LogP contribution < -0.4 is 14.2 Å². The lowest BCUT2D eigenvalue weighted by molar-refractivity contribution is 0.215. The summed E-state index contributed by atoms with van der Waals surface area (Å²) in [6, 6.07) is 4.11. The molecule has 0 aliphatic carbocycles. The second-order valence-electron chi connectivity index (χ2n) is 7.89. The number of ether oxygens (including phenoxy) is 3. The van der Waals surface area contributed by atoms with Crippen molar-refractivity contribution in [1.29, 1.82) is 0 Å². The molecule has 2 rings (SSSR count). The fourth-order valence-electron chi connectivity index (χ4n) is 3.39. The highest BCUT2D eigenvalue weighted by molar-refractivity contribution is 7.11. The zero-order chi connectivity index (χ0) is 23.7. The number of unbranched alkanes of at least 4 members (excludes halogenated alkanes) is 6. The predicted octanol–water partition coefficient (Wildman–Crippen LogP) is 6.88. The molecular formula is C26H38N2O4S. The zero-order valence-electron chi connectivity index (χ0n) is 20.5. The minimum Gasteiger partial charge on any atom is -0.493 e. The van der Waals surface area contributed by atoms with Crippen molar-refractivity contribution in [2.24, 2.45) is 5.16 Å². The molecule has 33 heavy (non-hydrogen) atoms. The number of hydrogen-bond donors (Lipinski definition) is 0. The largest absolute Gasteiger partial charge is 0.493 e. The van der Waals surface area contributed by atoms with E-state index in [0.717, 1.165) is 47.8 Å². The smallest absolute Gasteiger partial charge is 0.273 e. The van der Waals surface area contributed by atoms with Crippen LogP contribution in [0.2, 0.25) is 0 Å². The van der Waals surface area contributed by atoms with Crippen LogP contribution in [0.25, 0.3) is 0 Å². The van der Waals surface area contributed by atoms with Crippen LogP contribution in [0.4, 0.5) is 0 Å². The Balaban J connectivity index is 1.49. The van der Waals surface area contributed by atoms with E-state index in [9.17, 15) is 0 Å². The molecule has 0 saturated heterocycles. The second-order valence-corrected chi connectivity index (χ2v) is 8.71. The number of benzene rings is 1. The fraction of sp³-hybridized carbons (Fsp3) is 0.538. The molecule has 0 fully saturated rings. The highest BCUT2D eigenvalue weighted by Crippen LogP contribution is 2.28. The highest BCUT2D eigenvalue weighted by atomic mass is 32.1. The van der Waals surface area contributed by atoms with Crippen LogP contribution in [-0.2, 0) is 4.84 Å². The molecule has 0 bridgehead atoms. The van der Waals surface area contributed by atoms with E-state index in [2.05, 4.69) is 41.0 Å². The summed E-state index contributed by atoms with van der Waals surface area (Å²) in [4.78, 5) is 8.97. The molecule has 1 aromatic carbocycles. The quantitative estimate of drug-likeness (QED) is 0.108. The molecule has 1 heterocycles. The summed E-state index contributed by atoms with van der Waals surface area (Å²) in [6.07, 6.45) is 13.8. The van der Waals surface area contributed by atoms with Crippen molar-refractivity contribution in [3.8, 4) is 16.7 Å². The molecule has 0 atom stereocenters. The maximum Gasteiger partial charge on any atom is 0.273 e. The van der Waals surface area contributed by atoms with Crippen molar-refractivity contribution in [3.05, 3.63) is 46.5 Å².